The molecular weight excluding hydrogens is 482 g/mol. The molecule has 0 saturated carbocycles. The van der Waals surface area contributed by atoms with Crippen molar-refractivity contribution in [1.82, 2.24) is 9.29 Å². The first-order chi connectivity index (χ1) is 15.9. The number of thiophene rings is 1. The second kappa shape index (κ2) is 8.90. The van der Waals surface area contributed by atoms with Gasteiger partial charge in [0, 0.05) is 29.8 Å². The molecule has 0 atom stereocenters. The van der Waals surface area contributed by atoms with Crippen LogP contribution in [0.4, 0.5) is 5.13 Å². The number of benzene rings is 1. The number of hydrogen-bond donors (Lipinski definition) is 1. The Kier molecular flexibility index (Phi) is 5.95. The number of ether oxygens (including phenoxy) is 1. The average molecular weight is 504 g/mol. The van der Waals surface area contributed by atoms with E-state index in [0.717, 1.165) is 16.7 Å². The first-order valence-corrected chi connectivity index (χ1v) is 13.5. The number of nitrogens with one attached hydrogen (secondary N) is 1. The number of carbonyl (C=O) groups excluding carboxylic acids is 1. The highest BCUT2D eigenvalue weighted by molar-refractivity contribution is 7.91. The van der Waals surface area contributed by atoms with Gasteiger partial charge in [0.05, 0.1) is 7.11 Å². The SMILES string of the molecule is COc1ccc2oc(-c3csc(NC(=O)C4CCN(S(=O)(=O)c5cccs5)CC4)n3)cc2c1. The summed E-state index contributed by atoms with van der Waals surface area (Å²) in [6.45, 7) is 0.647. The highest BCUT2D eigenvalue weighted by Gasteiger charge is 2.32. The van der Waals surface area contributed by atoms with Crippen LogP contribution in [-0.2, 0) is 14.8 Å². The molecule has 11 heteroatoms. The number of sulfonamides is 1. The molecule has 0 bridgehead atoms. The van der Waals surface area contributed by atoms with E-state index in [1.165, 1.54) is 27.0 Å². The molecule has 0 unspecified atom stereocenters. The molecule has 1 aliphatic heterocycles. The van der Waals surface area contributed by atoms with E-state index in [1.807, 2.05) is 29.6 Å². The monoisotopic (exact) mass is 503 g/mol. The molecule has 0 spiro atoms. The van der Waals surface area contributed by atoms with Crippen molar-refractivity contribution in [3.63, 3.8) is 0 Å². The molecule has 5 rings (SSSR count). The van der Waals surface area contributed by atoms with Crippen LogP contribution >= 0.6 is 22.7 Å². The Bertz CT molecular complexity index is 1380. The van der Waals surface area contributed by atoms with E-state index >= 15 is 0 Å². The Morgan fingerprint density at radius 3 is 2.76 bits per heavy atom. The van der Waals surface area contributed by atoms with Gasteiger partial charge in [-0.3, -0.25) is 4.79 Å². The van der Waals surface area contributed by atoms with Crippen molar-refractivity contribution in [2.24, 2.45) is 5.92 Å². The first kappa shape index (κ1) is 22.1. The molecule has 33 heavy (non-hydrogen) atoms. The second-order valence-electron chi connectivity index (χ2n) is 7.65. The molecule has 1 aliphatic rings. The quantitative estimate of drug-likeness (QED) is 0.410. The number of hydrogen-bond acceptors (Lipinski definition) is 8. The number of amides is 1. The predicted octanol–water partition coefficient (Wildman–Crippen LogP) is 4.67. The number of carbonyl (C=O) groups is 1. The van der Waals surface area contributed by atoms with Crippen molar-refractivity contribution in [2.75, 3.05) is 25.5 Å². The zero-order chi connectivity index (χ0) is 23.0. The number of nitrogens with zero attached hydrogens (tertiary/aromatic N) is 2. The fraction of sp³-hybridized carbons (Fsp3) is 0.273. The van der Waals surface area contributed by atoms with Crippen LogP contribution in [0, 0.1) is 5.92 Å². The van der Waals surface area contributed by atoms with Crippen molar-refractivity contribution in [3.8, 4) is 17.2 Å². The minimum Gasteiger partial charge on any atom is -0.497 e. The van der Waals surface area contributed by atoms with Crippen molar-refractivity contribution in [1.29, 1.82) is 0 Å². The van der Waals surface area contributed by atoms with Gasteiger partial charge in [-0.05, 0) is 48.6 Å². The van der Waals surface area contributed by atoms with Gasteiger partial charge in [0.1, 0.15) is 21.2 Å². The number of aromatic nitrogens is 1. The Balaban J connectivity index is 1.22. The summed E-state index contributed by atoms with van der Waals surface area (Å²) in [5.74, 6) is 0.960. The molecular formula is C22H21N3O5S3. The van der Waals surface area contributed by atoms with Crippen molar-refractivity contribution >= 4 is 54.7 Å². The maximum atomic E-state index is 12.8. The molecule has 172 valence electrons. The van der Waals surface area contributed by atoms with Crippen LogP contribution in [0.25, 0.3) is 22.4 Å². The fourth-order valence-corrected chi connectivity index (χ4v) is 7.14. The summed E-state index contributed by atoms with van der Waals surface area (Å²) in [5.41, 5.74) is 1.37. The topological polar surface area (TPSA) is 102 Å². The lowest BCUT2D eigenvalue weighted by molar-refractivity contribution is -0.120. The van der Waals surface area contributed by atoms with Gasteiger partial charge in [0.25, 0.3) is 10.0 Å². The first-order valence-electron chi connectivity index (χ1n) is 10.3. The molecule has 8 nitrogen and oxygen atoms in total. The van der Waals surface area contributed by atoms with Gasteiger partial charge in [-0.15, -0.1) is 22.7 Å². The summed E-state index contributed by atoms with van der Waals surface area (Å²) >= 11 is 2.53. The van der Waals surface area contributed by atoms with E-state index < -0.39 is 10.0 Å². The van der Waals surface area contributed by atoms with E-state index in [2.05, 4.69) is 10.3 Å². The summed E-state index contributed by atoms with van der Waals surface area (Å²) < 4.78 is 38.3. The average Bonchev–Trinajstić information content (AvgIpc) is 3.59. The van der Waals surface area contributed by atoms with E-state index in [1.54, 1.807) is 24.6 Å². The molecule has 0 aliphatic carbocycles. The number of methoxy groups -OCH3 is 1. The minimum absolute atomic E-state index is 0.140. The van der Waals surface area contributed by atoms with Crippen LogP contribution < -0.4 is 10.1 Å². The Labute approximate surface area is 198 Å². The maximum Gasteiger partial charge on any atom is 0.252 e. The molecule has 4 aromatic rings. The lowest BCUT2D eigenvalue weighted by Gasteiger charge is -2.29. The third-order valence-corrected chi connectivity index (χ3v) is 9.65. The zero-order valence-corrected chi connectivity index (χ0v) is 20.1. The number of rotatable bonds is 6. The fourth-order valence-electron chi connectivity index (χ4n) is 3.82. The van der Waals surface area contributed by atoms with Crippen LogP contribution in [-0.4, -0.2) is 43.8 Å². The molecule has 3 aromatic heterocycles. The van der Waals surface area contributed by atoms with Gasteiger partial charge in [0.15, 0.2) is 10.9 Å². The van der Waals surface area contributed by atoms with E-state index in [0.29, 0.717) is 46.7 Å². The van der Waals surface area contributed by atoms with Crippen LogP contribution in [0.3, 0.4) is 0 Å². The molecule has 0 radical (unpaired) electrons. The van der Waals surface area contributed by atoms with Gasteiger partial charge in [-0.2, -0.15) is 4.31 Å². The normalized spacial score (nSPS) is 15.7. The molecule has 1 aromatic carbocycles. The zero-order valence-electron chi connectivity index (χ0n) is 17.7. The number of piperidine rings is 1. The third-order valence-electron chi connectivity index (χ3n) is 5.62. The standard InChI is InChI=1S/C22H21N3O5S3/c1-29-16-4-5-18-15(11-16)12-19(30-18)17-13-32-22(23-17)24-21(26)14-6-8-25(9-7-14)33(27,28)20-3-2-10-31-20/h2-5,10-14H,6-9H2,1H3,(H,23,24,26). The van der Waals surface area contributed by atoms with E-state index in [-0.39, 0.29) is 11.8 Å². The number of anilines is 1. The van der Waals surface area contributed by atoms with Gasteiger partial charge in [-0.1, -0.05) is 6.07 Å². The molecule has 1 saturated heterocycles. The van der Waals surface area contributed by atoms with Crippen molar-refractivity contribution < 1.29 is 22.4 Å². The third kappa shape index (κ3) is 4.41. The number of furan rings is 1. The van der Waals surface area contributed by atoms with Crippen molar-refractivity contribution in [2.45, 2.75) is 17.1 Å². The van der Waals surface area contributed by atoms with Gasteiger partial charge in [0.2, 0.25) is 5.91 Å². The molecule has 4 heterocycles. The minimum atomic E-state index is -3.48. The summed E-state index contributed by atoms with van der Waals surface area (Å²) in [5, 5.41) is 7.85. The van der Waals surface area contributed by atoms with Crippen LogP contribution in [0.15, 0.2) is 55.8 Å². The summed E-state index contributed by atoms with van der Waals surface area (Å²) in [7, 11) is -1.86. The summed E-state index contributed by atoms with van der Waals surface area (Å²) in [6, 6.07) is 10.8. The van der Waals surface area contributed by atoms with Gasteiger partial charge < -0.3 is 14.5 Å². The second-order valence-corrected chi connectivity index (χ2v) is 11.6. The summed E-state index contributed by atoms with van der Waals surface area (Å²) in [4.78, 5) is 17.3. The largest absolute Gasteiger partial charge is 0.497 e. The molecule has 1 N–H and O–H groups in total. The predicted molar refractivity (Wildman–Crippen MR) is 128 cm³/mol. The Morgan fingerprint density at radius 1 is 1.21 bits per heavy atom. The van der Waals surface area contributed by atoms with Gasteiger partial charge in [-0.25, -0.2) is 13.4 Å². The Hall–Kier alpha value is -2.73. The van der Waals surface area contributed by atoms with Crippen LogP contribution in [0.5, 0.6) is 5.75 Å². The Morgan fingerprint density at radius 2 is 2.03 bits per heavy atom. The highest BCUT2D eigenvalue weighted by Crippen LogP contribution is 2.32. The smallest absolute Gasteiger partial charge is 0.252 e. The van der Waals surface area contributed by atoms with Crippen LogP contribution in [0.2, 0.25) is 0 Å². The lowest BCUT2D eigenvalue weighted by Crippen LogP contribution is -2.41. The lowest BCUT2D eigenvalue weighted by atomic mass is 9.97. The van der Waals surface area contributed by atoms with E-state index in [4.69, 9.17) is 9.15 Å². The van der Waals surface area contributed by atoms with Gasteiger partial charge >= 0.3 is 0 Å². The van der Waals surface area contributed by atoms with E-state index in [9.17, 15) is 13.2 Å². The highest BCUT2D eigenvalue weighted by atomic mass is 32.2. The molecule has 1 amide bonds. The molecule has 1 fully saturated rings. The summed E-state index contributed by atoms with van der Waals surface area (Å²) in [6.07, 6.45) is 0.945. The maximum absolute atomic E-state index is 12.8. The van der Waals surface area contributed by atoms with Crippen molar-refractivity contribution in [3.05, 3.63) is 47.2 Å². The van der Waals surface area contributed by atoms with Crippen LogP contribution in [0.1, 0.15) is 12.8 Å². The number of thiazole rings is 1. The number of fused-ring (bicyclic) bond motifs is 1.